The van der Waals surface area contributed by atoms with Crippen molar-refractivity contribution < 1.29 is 9.53 Å². The van der Waals surface area contributed by atoms with Crippen LogP contribution in [0.2, 0.25) is 0 Å². The number of nitrogens with one attached hydrogen (secondary N) is 3. The van der Waals surface area contributed by atoms with Crippen LogP contribution in [0.25, 0.3) is 0 Å². The van der Waals surface area contributed by atoms with E-state index in [9.17, 15) is 9.59 Å². The number of hydrogen-bond acceptors (Lipinski definition) is 4. The predicted octanol–water partition coefficient (Wildman–Crippen LogP) is 0.524. The van der Waals surface area contributed by atoms with E-state index in [2.05, 4.69) is 20.5 Å². The van der Waals surface area contributed by atoms with Crippen LogP contribution < -0.4 is 11.0 Å². The van der Waals surface area contributed by atoms with Gasteiger partial charge in [-0.2, -0.15) is 5.10 Å². The van der Waals surface area contributed by atoms with Gasteiger partial charge >= 0.3 is 11.8 Å². The van der Waals surface area contributed by atoms with Crippen molar-refractivity contribution >= 4 is 6.09 Å². The van der Waals surface area contributed by atoms with Crippen molar-refractivity contribution in [2.45, 2.75) is 13.2 Å². The average Bonchev–Trinajstić information content (AvgIpc) is 2.81. The highest BCUT2D eigenvalue weighted by atomic mass is 16.5. The third kappa shape index (κ3) is 3.48. The fourth-order valence-corrected chi connectivity index (χ4v) is 1.32. The van der Waals surface area contributed by atoms with Gasteiger partial charge in [-0.1, -0.05) is 30.3 Å². The topological polar surface area (TPSA) is 99.9 Å². The number of nitrogens with zero attached hydrogens (tertiary/aromatic N) is 1. The first-order chi connectivity index (χ1) is 8.74. The van der Waals surface area contributed by atoms with E-state index in [1.54, 1.807) is 0 Å². The molecule has 0 bridgehead atoms. The number of benzene rings is 1. The zero-order chi connectivity index (χ0) is 12.8. The van der Waals surface area contributed by atoms with Crippen LogP contribution in [0, 0.1) is 0 Å². The monoisotopic (exact) mass is 248 g/mol. The van der Waals surface area contributed by atoms with E-state index in [1.807, 2.05) is 30.3 Å². The molecule has 0 aliphatic heterocycles. The molecule has 0 unspecified atom stereocenters. The number of rotatable bonds is 4. The molecule has 0 saturated heterocycles. The van der Waals surface area contributed by atoms with Crippen LogP contribution in [-0.4, -0.2) is 21.3 Å². The number of hydrogen-bond donors (Lipinski definition) is 3. The Morgan fingerprint density at radius 3 is 2.78 bits per heavy atom. The van der Waals surface area contributed by atoms with Crippen molar-refractivity contribution in [3.63, 3.8) is 0 Å². The predicted molar refractivity (Wildman–Crippen MR) is 62.7 cm³/mol. The van der Waals surface area contributed by atoms with Crippen LogP contribution in [0.4, 0.5) is 4.79 Å². The Morgan fingerprint density at radius 2 is 2.11 bits per heavy atom. The van der Waals surface area contributed by atoms with Gasteiger partial charge in [-0.05, 0) is 5.56 Å². The lowest BCUT2D eigenvalue weighted by atomic mass is 10.2. The van der Waals surface area contributed by atoms with Gasteiger partial charge in [-0.3, -0.25) is 4.98 Å². The van der Waals surface area contributed by atoms with Crippen LogP contribution in [0.15, 0.2) is 35.1 Å². The maximum absolute atomic E-state index is 11.3. The molecule has 0 radical (unpaired) electrons. The Morgan fingerprint density at radius 1 is 1.33 bits per heavy atom. The third-order valence-electron chi connectivity index (χ3n) is 2.16. The van der Waals surface area contributed by atoms with Gasteiger partial charge < -0.3 is 10.1 Å². The minimum Gasteiger partial charge on any atom is -0.445 e. The van der Waals surface area contributed by atoms with Gasteiger partial charge in [0.1, 0.15) is 12.4 Å². The number of alkyl carbamates (subject to hydrolysis) is 1. The van der Waals surface area contributed by atoms with Gasteiger partial charge in [0.15, 0.2) is 0 Å². The summed E-state index contributed by atoms with van der Waals surface area (Å²) >= 11 is 0. The van der Waals surface area contributed by atoms with Crippen molar-refractivity contribution in [2.75, 3.05) is 0 Å². The molecule has 0 fully saturated rings. The summed E-state index contributed by atoms with van der Waals surface area (Å²) in [5.41, 5.74) is 0.491. The van der Waals surface area contributed by atoms with E-state index in [4.69, 9.17) is 4.74 Å². The Hall–Kier alpha value is -2.57. The summed E-state index contributed by atoms with van der Waals surface area (Å²) < 4.78 is 4.98. The lowest BCUT2D eigenvalue weighted by molar-refractivity contribution is 0.139. The second-order valence-corrected chi connectivity index (χ2v) is 3.54. The van der Waals surface area contributed by atoms with Gasteiger partial charge in [0.2, 0.25) is 0 Å². The van der Waals surface area contributed by atoms with E-state index in [1.165, 1.54) is 0 Å². The highest BCUT2D eigenvalue weighted by Crippen LogP contribution is 2.00. The molecule has 0 aliphatic rings. The van der Waals surface area contributed by atoms with Crippen molar-refractivity contribution in [2.24, 2.45) is 0 Å². The van der Waals surface area contributed by atoms with Crippen LogP contribution in [0.3, 0.4) is 0 Å². The molecule has 18 heavy (non-hydrogen) atoms. The first-order valence-corrected chi connectivity index (χ1v) is 5.32. The molecule has 2 rings (SSSR count). The van der Waals surface area contributed by atoms with Crippen LogP contribution in [0.5, 0.6) is 0 Å². The van der Waals surface area contributed by atoms with Gasteiger partial charge in [-0.15, -0.1) is 0 Å². The van der Waals surface area contributed by atoms with Gasteiger partial charge in [0.25, 0.3) is 0 Å². The summed E-state index contributed by atoms with van der Waals surface area (Å²) in [6.45, 7) is 0.302. The van der Waals surface area contributed by atoms with Crippen LogP contribution in [-0.2, 0) is 17.9 Å². The lowest BCUT2D eigenvalue weighted by Crippen LogP contribution is -2.24. The summed E-state index contributed by atoms with van der Waals surface area (Å²) in [6, 6.07) is 9.34. The van der Waals surface area contributed by atoms with E-state index in [0.717, 1.165) is 5.56 Å². The summed E-state index contributed by atoms with van der Waals surface area (Å²) in [5, 5.41) is 8.31. The molecule has 0 aliphatic carbocycles. The highest BCUT2D eigenvalue weighted by Gasteiger charge is 2.04. The van der Waals surface area contributed by atoms with Gasteiger partial charge in [0.05, 0.1) is 6.54 Å². The van der Waals surface area contributed by atoms with E-state index >= 15 is 0 Å². The molecule has 0 saturated carbocycles. The maximum atomic E-state index is 11.3. The number of carbonyl (C=O) groups excluding carboxylic acids is 1. The molecular weight excluding hydrogens is 236 g/mol. The first-order valence-electron chi connectivity index (χ1n) is 5.32. The smallest absolute Gasteiger partial charge is 0.407 e. The molecule has 1 aromatic heterocycles. The minimum atomic E-state index is -0.567. The first kappa shape index (κ1) is 11.9. The summed E-state index contributed by atoms with van der Waals surface area (Å²) in [7, 11) is 0. The molecule has 0 spiro atoms. The molecule has 3 N–H and O–H groups in total. The Kier molecular flexibility index (Phi) is 3.75. The molecular formula is C11H12N4O3. The highest BCUT2D eigenvalue weighted by molar-refractivity contribution is 5.67. The summed E-state index contributed by atoms with van der Waals surface area (Å²) in [4.78, 5) is 24.5. The van der Waals surface area contributed by atoms with Gasteiger partial charge in [-0.25, -0.2) is 14.7 Å². The zero-order valence-corrected chi connectivity index (χ0v) is 9.47. The zero-order valence-electron chi connectivity index (χ0n) is 9.47. The number of amides is 1. The lowest BCUT2D eigenvalue weighted by Gasteiger charge is -2.05. The normalized spacial score (nSPS) is 10.0. The van der Waals surface area contributed by atoms with E-state index in [0.29, 0.717) is 5.82 Å². The van der Waals surface area contributed by atoms with E-state index < -0.39 is 11.8 Å². The number of aromatic amines is 2. The molecule has 1 heterocycles. The second kappa shape index (κ2) is 5.67. The van der Waals surface area contributed by atoms with E-state index in [-0.39, 0.29) is 13.2 Å². The van der Waals surface area contributed by atoms with Crippen LogP contribution >= 0.6 is 0 Å². The molecule has 1 amide bonds. The number of aromatic nitrogens is 3. The SMILES string of the molecule is O=C(NCc1n[nH]c(=O)[nH]1)OCc1ccccc1. The number of ether oxygens (including phenoxy) is 1. The fraction of sp³-hybridized carbons (Fsp3) is 0.182. The Balaban J connectivity index is 1.74. The second-order valence-electron chi connectivity index (χ2n) is 3.54. The third-order valence-corrected chi connectivity index (χ3v) is 2.16. The fourth-order valence-electron chi connectivity index (χ4n) is 1.32. The number of H-pyrrole nitrogens is 2. The van der Waals surface area contributed by atoms with Crippen molar-refractivity contribution in [1.29, 1.82) is 0 Å². The number of carbonyl (C=O) groups is 1. The van der Waals surface area contributed by atoms with Crippen molar-refractivity contribution in [3.05, 3.63) is 52.2 Å². The Labute approximate surface area is 102 Å². The molecule has 0 atom stereocenters. The largest absolute Gasteiger partial charge is 0.445 e. The van der Waals surface area contributed by atoms with Crippen molar-refractivity contribution in [3.8, 4) is 0 Å². The molecule has 94 valence electrons. The maximum Gasteiger partial charge on any atom is 0.407 e. The quantitative estimate of drug-likeness (QED) is 0.734. The Bertz CT molecular complexity index is 561. The van der Waals surface area contributed by atoms with Crippen molar-refractivity contribution in [1.82, 2.24) is 20.5 Å². The van der Waals surface area contributed by atoms with Crippen LogP contribution in [0.1, 0.15) is 11.4 Å². The molecule has 2 aromatic rings. The minimum absolute atomic E-state index is 0.104. The average molecular weight is 248 g/mol. The summed E-state index contributed by atoms with van der Waals surface area (Å²) in [5.74, 6) is 0.344. The van der Waals surface area contributed by atoms with Gasteiger partial charge in [0, 0.05) is 0 Å². The summed E-state index contributed by atoms with van der Waals surface area (Å²) in [6.07, 6.45) is -0.567. The molecule has 7 nitrogen and oxygen atoms in total. The molecule has 7 heteroatoms. The standard InChI is InChI=1S/C11H12N4O3/c16-10-13-9(14-15-10)6-12-11(17)18-7-8-4-2-1-3-5-8/h1-5H,6-7H2,(H,12,17)(H2,13,14,15,16). The molecule has 1 aromatic carbocycles.